The van der Waals surface area contributed by atoms with E-state index in [9.17, 15) is 23.4 Å². The predicted molar refractivity (Wildman–Crippen MR) is 91.9 cm³/mol. The molecular formula is C17H17NO11S. The third kappa shape index (κ3) is 2.16. The zero-order chi connectivity index (χ0) is 21.2. The van der Waals surface area contributed by atoms with Gasteiger partial charge in [0.05, 0.1) is 11.6 Å². The van der Waals surface area contributed by atoms with Crippen LogP contribution in [0.25, 0.3) is 0 Å². The van der Waals surface area contributed by atoms with E-state index in [1.807, 2.05) is 0 Å². The zero-order valence-electron chi connectivity index (χ0n) is 15.6. The van der Waals surface area contributed by atoms with Crippen molar-refractivity contribution in [2.24, 2.45) is 0 Å². The monoisotopic (exact) mass is 443 g/mol. The molecule has 4 heterocycles. The van der Waals surface area contributed by atoms with Crippen LogP contribution < -0.4 is 14.8 Å². The molecule has 1 aromatic rings. The lowest BCUT2D eigenvalue weighted by Crippen LogP contribution is -2.73. The highest BCUT2D eigenvalue weighted by Crippen LogP contribution is 2.56. The van der Waals surface area contributed by atoms with Gasteiger partial charge < -0.3 is 34.5 Å². The first-order chi connectivity index (χ1) is 14.0. The van der Waals surface area contributed by atoms with E-state index < -0.39 is 63.9 Å². The van der Waals surface area contributed by atoms with Crippen LogP contribution in [0.5, 0.6) is 17.2 Å². The summed E-state index contributed by atoms with van der Waals surface area (Å²) in [6.07, 6.45) is -4.64. The van der Waals surface area contributed by atoms with Gasteiger partial charge >= 0.3 is 10.4 Å². The average molecular weight is 443 g/mol. The number of benzene rings is 1. The molecule has 13 heteroatoms. The maximum Gasteiger partial charge on any atom is 0.400 e. The average Bonchev–Trinajstić information content (AvgIpc) is 3.32. The Kier molecular flexibility index (Phi) is 3.32. The Bertz CT molecular complexity index is 1100. The van der Waals surface area contributed by atoms with Crippen LogP contribution in [-0.2, 0) is 33.8 Å². The van der Waals surface area contributed by atoms with Crippen LogP contribution in [0, 0.1) is 0 Å². The Balaban J connectivity index is 1.60. The van der Waals surface area contributed by atoms with Crippen molar-refractivity contribution in [1.82, 2.24) is 5.32 Å². The molecule has 0 radical (unpaired) electrons. The maximum absolute atomic E-state index is 12.9. The number of phenols is 1. The molecule has 1 aromatic carbocycles. The molecule has 5 aliphatic rings. The van der Waals surface area contributed by atoms with Crippen LogP contribution in [0.2, 0.25) is 0 Å². The van der Waals surface area contributed by atoms with Crippen LogP contribution in [-0.4, -0.2) is 67.6 Å². The minimum Gasteiger partial charge on any atom is -0.504 e. The fourth-order valence-corrected chi connectivity index (χ4v) is 6.03. The summed E-state index contributed by atoms with van der Waals surface area (Å²) in [5.74, 6) is -2.33. The summed E-state index contributed by atoms with van der Waals surface area (Å²) < 4.78 is 56.8. The molecule has 0 aromatic heterocycles. The van der Waals surface area contributed by atoms with Gasteiger partial charge in [0, 0.05) is 5.56 Å². The number of hydrogen-bond donors (Lipinski definition) is 3. The fourth-order valence-electron chi connectivity index (χ4n) is 5.00. The molecule has 3 fully saturated rings. The van der Waals surface area contributed by atoms with Gasteiger partial charge in [0.25, 0.3) is 5.91 Å². The van der Waals surface area contributed by atoms with Crippen LogP contribution in [0.3, 0.4) is 0 Å². The molecule has 30 heavy (non-hydrogen) atoms. The number of aromatic hydroxyl groups is 1. The van der Waals surface area contributed by atoms with Gasteiger partial charge in [0.1, 0.15) is 30.0 Å². The minimum atomic E-state index is -4.46. The number of aliphatic hydroxyl groups is 1. The van der Waals surface area contributed by atoms with E-state index >= 15 is 0 Å². The van der Waals surface area contributed by atoms with E-state index in [1.165, 1.54) is 6.07 Å². The van der Waals surface area contributed by atoms with Crippen molar-refractivity contribution in [2.75, 3.05) is 6.79 Å². The largest absolute Gasteiger partial charge is 0.504 e. The van der Waals surface area contributed by atoms with Gasteiger partial charge in [0.2, 0.25) is 12.5 Å². The minimum absolute atomic E-state index is 0.0472. The molecule has 3 N–H and O–H groups in total. The Labute approximate surface area is 169 Å². The van der Waals surface area contributed by atoms with Crippen molar-refractivity contribution in [3.63, 3.8) is 0 Å². The molecule has 12 nitrogen and oxygen atoms in total. The molecular weight excluding hydrogens is 426 g/mol. The number of amides is 1. The van der Waals surface area contributed by atoms with Crippen molar-refractivity contribution >= 4 is 16.3 Å². The number of hydrogen-bond acceptors (Lipinski definition) is 11. The maximum atomic E-state index is 12.9. The summed E-state index contributed by atoms with van der Waals surface area (Å²) in [7, 11) is -4.46. The second kappa shape index (κ2) is 5.36. The molecule has 1 aliphatic carbocycles. The third-order valence-electron chi connectivity index (χ3n) is 6.06. The molecule has 1 saturated carbocycles. The van der Waals surface area contributed by atoms with Crippen molar-refractivity contribution in [2.45, 2.75) is 55.7 Å². The Morgan fingerprint density at radius 2 is 1.87 bits per heavy atom. The molecule has 6 rings (SSSR count). The summed E-state index contributed by atoms with van der Waals surface area (Å²) in [5, 5.41) is 25.1. The topological polar surface area (TPSA) is 159 Å². The Hall–Kier alpha value is -2.16. The van der Waals surface area contributed by atoms with Crippen molar-refractivity contribution < 1.29 is 50.7 Å². The van der Waals surface area contributed by atoms with Gasteiger partial charge in [-0.3, -0.25) is 4.79 Å². The van der Waals surface area contributed by atoms with E-state index in [2.05, 4.69) is 5.32 Å². The molecule has 0 spiro atoms. The lowest BCUT2D eigenvalue weighted by molar-refractivity contribution is -0.175. The van der Waals surface area contributed by atoms with Crippen molar-refractivity contribution in [3.8, 4) is 17.2 Å². The van der Waals surface area contributed by atoms with Crippen LogP contribution in [0.15, 0.2) is 6.07 Å². The molecule has 2 saturated heterocycles. The summed E-state index contributed by atoms with van der Waals surface area (Å²) >= 11 is 0. The lowest BCUT2D eigenvalue weighted by atomic mass is 9.66. The number of ether oxygens (including phenoxy) is 4. The normalized spacial score (nSPS) is 41.4. The van der Waals surface area contributed by atoms with Gasteiger partial charge in [-0.1, -0.05) is 0 Å². The lowest BCUT2D eigenvalue weighted by Gasteiger charge is -2.51. The summed E-state index contributed by atoms with van der Waals surface area (Å²) in [6.45, 7) is 3.05. The second-order valence-corrected chi connectivity index (χ2v) is 9.41. The van der Waals surface area contributed by atoms with Crippen LogP contribution in [0.1, 0.15) is 29.8 Å². The number of fused-ring (bicyclic) bond motifs is 9. The van der Waals surface area contributed by atoms with Gasteiger partial charge in [-0.2, -0.15) is 8.42 Å². The summed E-state index contributed by atoms with van der Waals surface area (Å²) in [6, 6.07) is 0.164. The smallest absolute Gasteiger partial charge is 0.400 e. The van der Waals surface area contributed by atoms with Gasteiger partial charge in [-0.15, -0.1) is 0 Å². The van der Waals surface area contributed by atoms with E-state index in [-0.39, 0.29) is 29.4 Å². The van der Waals surface area contributed by atoms with Gasteiger partial charge in [0.15, 0.2) is 17.3 Å². The Morgan fingerprint density at radius 1 is 1.13 bits per heavy atom. The van der Waals surface area contributed by atoms with E-state index in [0.717, 1.165) is 0 Å². The molecule has 6 atom stereocenters. The zero-order valence-corrected chi connectivity index (χ0v) is 16.5. The predicted octanol–water partition coefficient (Wildman–Crippen LogP) is -1.02. The molecule has 4 aliphatic heterocycles. The van der Waals surface area contributed by atoms with Crippen molar-refractivity contribution in [3.05, 3.63) is 17.2 Å². The molecule has 0 bridgehead atoms. The standard InChI is InChI=1S/C17H17NO11S/c1-16(2)26-10-11(27-16)13-17(21,14-12(10)28-30(22,23)29-14)5-3-6-9(25-4-24-6)8(19)7(5)15(20)18-13/h3,10-14,19,21H,4H2,1-2H3,(H,18,20)/t10-,11+,12+,13-,14+,17-/m0/s1. The van der Waals surface area contributed by atoms with E-state index in [4.69, 9.17) is 27.3 Å². The van der Waals surface area contributed by atoms with Crippen LogP contribution >= 0.6 is 0 Å². The third-order valence-corrected chi connectivity index (χ3v) is 6.96. The molecule has 0 unspecified atom stereocenters. The van der Waals surface area contributed by atoms with Gasteiger partial charge in [-0.05, 0) is 19.9 Å². The van der Waals surface area contributed by atoms with Gasteiger partial charge in [-0.25, -0.2) is 8.37 Å². The fraction of sp³-hybridized carbons (Fsp3) is 0.588. The summed E-state index contributed by atoms with van der Waals surface area (Å²) in [5.41, 5.74) is -2.51. The highest BCUT2D eigenvalue weighted by molar-refractivity contribution is 7.82. The first-order valence-corrected chi connectivity index (χ1v) is 10.5. The Morgan fingerprint density at radius 3 is 2.63 bits per heavy atom. The first-order valence-electron chi connectivity index (χ1n) is 9.18. The SMILES string of the molecule is CC1(C)O[C@@H]2[C@H]3OS(=O)(=O)O[C@H]3[C@]3(O)c4cc5c(c(O)c4C(=O)N[C@H]3[C@@H]2O1)OCO5. The van der Waals surface area contributed by atoms with E-state index in [0.29, 0.717) is 0 Å². The van der Waals surface area contributed by atoms with Crippen LogP contribution in [0.4, 0.5) is 0 Å². The number of carbonyl (C=O) groups is 1. The highest BCUT2D eigenvalue weighted by Gasteiger charge is 2.72. The number of nitrogens with one attached hydrogen (secondary N) is 1. The van der Waals surface area contributed by atoms with Crippen molar-refractivity contribution in [1.29, 1.82) is 0 Å². The first kappa shape index (κ1) is 18.6. The highest BCUT2D eigenvalue weighted by atomic mass is 32.3. The quantitative estimate of drug-likeness (QED) is 0.451. The number of rotatable bonds is 0. The number of carbonyl (C=O) groups excluding carboxylic acids is 1. The molecule has 162 valence electrons. The second-order valence-electron chi connectivity index (χ2n) is 8.21. The molecule has 1 amide bonds. The summed E-state index contributed by atoms with van der Waals surface area (Å²) in [4.78, 5) is 12.9. The number of phenolic OH excluding ortho intramolecular Hbond substituents is 1. The van der Waals surface area contributed by atoms with E-state index in [1.54, 1.807) is 13.8 Å².